The van der Waals surface area contributed by atoms with Gasteiger partial charge in [-0.25, -0.2) is 9.59 Å². The average molecular weight is 404 g/mol. The number of rotatable bonds is 8. The predicted octanol–water partition coefficient (Wildman–Crippen LogP) is 1.28. The molecule has 0 fully saturated rings. The first kappa shape index (κ1) is 19.7. The van der Waals surface area contributed by atoms with Gasteiger partial charge in [0.25, 0.3) is 0 Å². The third-order valence-corrected chi connectivity index (χ3v) is 4.70. The molecule has 0 radical (unpaired) electrons. The summed E-state index contributed by atoms with van der Waals surface area (Å²) < 4.78 is 12.3. The second-order valence-corrected chi connectivity index (χ2v) is 6.49. The van der Waals surface area contributed by atoms with Gasteiger partial charge in [-0.05, 0) is 36.4 Å². The van der Waals surface area contributed by atoms with Crippen LogP contribution in [0.2, 0.25) is 0 Å². The summed E-state index contributed by atoms with van der Waals surface area (Å²) >= 11 is 1.29. The van der Waals surface area contributed by atoms with E-state index in [0.29, 0.717) is 40.2 Å². The van der Waals surface area contributed by atoms with Crippen molar-refractivity contribution < 1.29 is 19.1 Å². The maximum atomic E-state index is 12.1. The molecule has 0 unspecified atom stereocenters. The third kappa shape index (κ3) is 4.42. The van der Waals surface area contributed by atoms with Gasteiger partial charge in [-0.3, -0.25) is 0 Å². The smallest absolute Gasteiger partial charge is 0.337 e. The molecule has 148 valence electrons. The zero-order valence-electron chi connectivity index (χ0n) is 15.5. The van der Waals surface area contributed by atoms with Gasteiger partial charge in [0.15, 0.2) is 0 Å². The number of thioether (sulfide) groups is 1. The van der Waals surface area contributed by atoms with Gasteiger partial charge >= 0.3 is 12.0 Å². The van der Waals surface area contributed by atoms with Crippen LogP contribution >= 0.6 is 11.8 Å². The van der Waals surface area contributed by atoms with Gasteiger partial charge in [-0.2, -0.15) is 4.68 Å². The number of para-hydroxylation sites is 2. The number of carbonyl (C=O) groups is 2. The fraction of sp³-hybridized carbons (Fsp3) is 0.353. The van der Waals surface area contributed by atoms with Crippen molar-refractivity contribution in [1.82, 2.24) is 30.8 Å². The zero-order chi connectivity index (χ0) is 19.9. The van der Waals surface area contributed by atoms with Crippen molar-refractivity contribution in [3.05, 3.63) is 35.5 Å². The van der Waals surface area contributed by atoms with Crippen LogP contribution in [0.25, 0.3) is 5.69 Å². The van der Waals surface area contributed by atoms with Crippen LogP contribution in [0.1, 0.15) is 13.8 Å². The molecule has 28 heavy (non-hydrogen) atoms. The Kier molecular flexibility index (Phi) is 6.48. The summed E-state index contributed by atoms with van der Waals surface area (Å²) in [6, 6.07) is 7.05. The van der Waals surface area contributed by atoms with E-state index in [4.69, 9.17) is 9.47 Å². The van der Waals surface area contributed by atoms with E-state index in [0.717, 1.165) is 0 Å². The lowest BCUT2D eigenvalue weighted by molar-refractivity contribution is -0.138. The monoisotopic (exact) mass is 404 g/mol. The standard InChI is InChI=1S/C17H20N6O4S/c1-3-26-14-8-6-5-7-13(14)23-17(20-21-22-23)28-10-12-11(15(24)27-4-2)9-18-16(25)19-12/h5-8H,3-4,9-10H2,1-2H3,(H2,18,19,25). The Hall–Kier alpha value is -3.08. The molecule has 0 atom stereocenters. The van der Waals surface area contributed by atoms with E-state index in [9.17, 15) is 9.59 Å². The Morgan fingerprint density at radius 2 is 2.11 bits per heavy atom. The average Bonchev–Trinajstić information content (AvgIpc) is 3.15. The van der Waals surface area contributed by atoms with Crippen LogP contribution in [-0.4, -0.2) is 57.7 Å². The molecule has 0 bridgehead atoms. The number of hydrogen-bond acceptors (Lipinski definition) is 8. The van der Waals surface area contributed by atoms with Crippen LogP contribution in [-0.2, 0) is 9.53 Å². The Labute approximate surface area is 165 Å². The molecule has 1 aromatic carbocycles. The highest BCUT2D eigenvalue weighted by atomic mass is 32.2. The number of ether oxygens (including phenoxy) is 2. The van der Waals surface area contributed by atoms with Gasteiger partial charge in [0.2, 0.25) is 5.16 Å². The van der Waals surface area contributed by atoms with Gasteiger partial charge < -0.3 is 20.1 Å². The molecule has 3 rings (SSSR count). The molecule has 2 aromatic rings. The summed E-state index contributed by atoms with van der Waals surface area (Å²) in [6.07, 6.45) is 0. The molecule has 10 nitrogen and oxygen atoms in total. The molecule has 0 spiro atoms. The van der Waals surface area contributed by atoms with Gasteiger partial charge in [-0.1, -0.05) is 23.9 Å². The quantitative estimate of drug-likeness (QED) is 0.499. The number of nitrogens with one attached hydrogen (secondary N) is 2. The molecule has 11 heteroatoms. The molecule has 2 N–H and O–H groups in total. The first-order valence-corrected chi connectivity index (χ1v) is 9.70. The number of carbonyl (C=O) groups excluding carboxylic acids is 2. The molecular formula is C17H20N6O4S. The SMILES string of the molecule is CCOC(=O)C1=C(CSc2nnnn2-c2ccccc2OCC)NC(=O)NC1. The molecule has 1 aliphatic heterocycles. The zero-order valence-corrected chi connectivity index (χ0v) is 16.3. The van der Waals surface area contributed by atoms with Crippen molar-refractivity contribution in [2.45, 2.75) is 19.0 Å². The van der Waals surface area contributed by atoms with Crippen molar-refractivity contribution in [2.75, 3.05) is 25.5 Å². The lowest BCUT2D eigenvalue weighted by Crippen LogP contribution is -2.44. The number of aromatic nitrogens is 4. The number of tetrazole rings is 1. The van der Waals surface area contributed by atoms with Crippen LogP contribution in [0.3, 0.4) is 0 Å². The van der Waals surface area contributed by atoms with Crippen molar-refractivity contribution in [1.29, 1.82) is 0 Å². The number of esters is 1. The van der Waals surface area contributed by atoms with Crippen molar-refractivity contribution in [3.63, 3.8) is 0 Å². The van der Waals surface area contributed by atoms with Gasteiger partial charge in [0.1, 0.15) is 11.4 Å². The molecular weight excluding hydrogens is 384 g/mol. The second kappa shape index (κ2) is 9.22. The van der Waals surface area contributed by atoms with E-state index >= 15 is 0 Å². The molecule has 0 aliphatic carbocycles. The lowest BCUT2D eigenvalue weighted by Gasteiger charge is -2.21. The first-order valence-electron chi connectivity index (χ1n) is 8.71. The van der Waals surface area contributed by atoms with E-state index in [1.807, 2.05) is 31.2 Å². The van der Waals surface area contributed by atoms with Crippen LogP contribution in [0.4, 0.5) is 4.79 Å². The minimum Gasteiger partial charge on any atom is -0.492 e. The number of nitrogens with zero attached hydrogens (tertiary/aromatic N) is 4. The number of hydrogen-bond donors (Lipinski definition) is 2. The Balaban J connectivity index is 1.83. The van der Waals surface area contributed by atoms with Gasteiger partial charge in [0.05, 0.1) is 25.3 Å². The van der Waals surface area contributed by atoms with Crippen molar-refractivity contribution >= 4 is 23.8 Å². The molecule has 2 heterocycles. The van der Waals surface area contributed by atoms with E-state index in [2.05, 4.69) is 26.2 Å². The summed E-state index contributed by atoms with van der Waals surface area (Å²) in [5.74, 6) is 0.478. The highest BCUT2D eigenvalue weighted by Crippen LogP contribution is 2.27. The predicted molar refractivity (Wildman–Crippen MR) is 101 cm³/mol. The fourth-order valence-electron chi connectivity index (χ4n) is 2.54. The number of benzene rings is 1. The molecule has 0 saturated heterocycles. The topological polar surface area (TPSA) is 120 Å². The largest absolute Gasteiger partial charge is 0.492 e. The summed E-state index contributed by atoms with van der Waals surface area (Å²) in [7, 11) is 0. The Morgan fingerprint density at radius 1 is 1.29 bits per heavy atom. The highest BCUT2D eigenvalue weighted by Gasteiger charge is 2.24. The summed E-state index contributed by atoms with van der Waals surface area (Å²) in [6.45, 7) is 4.50. The molecule has 2 amide bonds. The fourth-order valence-corrected chi connectivity index (χ4v) is 3.41. The summed E-state index contributed by atoms with van der Waals surface area (Å²) in [5, 5.41) is 17.6. The molecule has 0 saturated carbocycles. The van der Waals surface area contributed by atoms with Crippen molar-refractivity contribution in [2.24, 2.45) is 0 Å². The van der Waals surface area contributed by atoms with Gasteiger partial charge in [-0.15, -0.1) is 5.10 Å². The van der Waals surface area contributed by atoms with Crippen LogP contribution in [0.5, 0.6) is 5.75 Å². The van der Waals surface area contributed by atoms with Gasteiger partial charge in [0, 0.05) is 11.4 Å². The molecule has 1 aromatic heterocycles. The van der Waals surface area contributed by atoms with Crippen LogP contribution < -0.4 is 15.4 Å². The molecule has 1 aliphatic rings. The number of amides is 2. The Morgan fingerprint density at radius 3 is 2.89 bits per heavy atom. The lowest BCUT2D eigenvalue weighted by atomic mass is 10.2. The maximum Gasteiger partial charge on any atom is 0.337 e. The first-order chi connectivity index (χ1) is 13.6. The second-order valence-electron chi connectivity index (χ2n) is 5.55. The normalized spacial score (nSPS) is 13.7. The summed E-state index contributed by atoms with van der Waals surface area (Å²) in [5.41, 5.74) is 1.55. The third-order valence-electron chi connectivity index (χ3n) is 3.76. The van der Waals surface area contributed by atoms with E-state index in [1.54, 1.807) is 11.6 Å². The summed E-state index contributed by atoms with van der Waals surface area (Å²) in [4.78, 5) is 23.8. The number of urea groups is 1. The van der Waals surface area contributed by atoms with Crippen LogP contribution in [0.15, 0.2) is 40.7 Å². The van der Waals surface area contributed by atoms with E-state index in [-0.39, 0.29) is 19.2 Å². The van der Waals surface area contributed by atoms with Crippen molar-refractivity contribution in [3.8, 4) is 11.4 Å². The minimum absolute atomic E-state index is 0.110. The maximum absolute atomic E-state index is 12.1. The minimum atomic E-state index is -0.466. The highest BCUT2D eigenvalue weighted by molar-refractivity contribution is 7.99. The van der Waals surface area contributed by atoms with Crippen LogP contribution in [0, 0.1) is 0 Å². The Bertz CT molecular complexity index is 897. The van der Waals surface area contributed by atoms with E-state index in [1.165, 1.54) is 11.8 Å². The van der Waals surface area contributed by atoms with E-state index < -0.39 is 5.97 Å².